The molecule has 2 aliphatic carbocycles. The van der Waals surface area contributed by atoms with Gasteiger partial charge in [-0.1, -0.05) is 43.7 Å². The number of ketones is 2. The molecule has 0 spiro atoms. The molecular weight excluding hydrogens is 384 g/mol. The molecule has 1 saturated heterocycles. The van der Waals surface area contributed by atoms with Crippen molar-refractivity contribution in [3.8, 4) is 0 Å². The number of allylic oxidation sites excluding steroid dienone is 2. The highest BCUT2D eigenvalue weighted by Crippen LogP contribution is 2.56. The van der Waals surface area contributed by atoms with E-state index in [4.69, 9.17) is 0 Å². The Kier molecular flexibility index (Phi) is 4.13. The molecule has 0 unspecified atom stereocenters. The molecule has 1 aromatic carbocycles. The number of rotatable bonds is 2. The van der Waals surface area contributed by atoms with Gasteiger partial charge in [-0.25, -0.2) is 8.42 Å². The lowest BCUT2D eigenvalue weighted by Crippen LogP contribution is -2.63. The fourth-order valence-corrected chi connectivity index (χ4v) is 9.42. The monoisotopic (exact) mass is 406 g/mol. The maximum Gasteiger partial charge on any atom is 0.183 e. The number of hydrogen-bond donors (Lipinski definition) is 0. The first-order valence-corrected chi connectivity index (χ1v) is 12.0. The van der Waals surface area contributed by atoms with Crippen LogP contribution in [0.4, 0.5) is 0 Å². The van der Waals surface area contributed by atoms with E-state index >= 15 is 0 Å². The third-order valence-corrected chi connectivity index (χ3v) is 10.5. The molecule has 144 valence electrons. The number of carbonyl (C=O) groups excluding carboxylic acids is 2. The number of carbonyl (C=O) groups is 2. The predicted molar refractivity (Wildman–Crippen MR) is 104 cm³/mol. The Morgan fingerprint density at radius 1 is 1.11 bits per heavy atom. The summed E-state index contributed by atoms with van der Waals surface area (Å²) in [6, 6.07) is 6.64. The van der Waals surface area contributed by atoms with Gasteiger partial charge < -0.3 is 0 Å². The van der Waals surface area contributed by atoms with Crippen molar-refractivity contribution in [3.05, 3.63) is 45.9 Å². The molecule has 3 aliphatic rings. The minimum atomic E-state index is -3.48. The van der Waals surface area contributed by atoms with Crippen LogP contribution >= 0.6 is 0 Å². The third-order valence-electron chi connectivity index (χ3n) is 6.16. The van der Waals surface area contributed by atoms with Crippen LogP contribution in [0.15, 0.2) is 34.7 Å². The van der Waals surface area contributed by atoms with Gasteiger partial charge in [0, 0.05) is 38.0 Å². The fraction of sp³-hybridized carbons (Fsp3) is 0.500. The van der Waals surface area contributed by atoms with Gasteiger partial charge in [-0.05, 0) is 19.8 Å². The van der Waals surface area contributed by atoms with Crippen molar-refractivity contribution >= 4 is 32.2 Å². The van der Waals surface area contributed by atoms with Gasteiger partial charge in [-0.15, -0.1) is 0 Å². The lowest BCUT2D eigenvalue weighted by molar-refractivity contribution is 0.0713. The van der Waals surface area contributed by atoms with Crippen molar-refractivity contribution in [3.63, 3.8) is 0 Å². The molecule has 4 rings (SSSR count). The van der Waals surface area contributed by atoms with Crippen LogP contribution in [-0.4, -0.2) is 39.9 Å². The summed E-state index contributed by atoms with van der Waals surface area (Å²) in [4.78, 5) is 27.4. The van der Waals surface area contributed by atoms with E-state index in [1.807, 2.05) is 0 Å². The van der Waals surface area contributed by atoms with Crippen molar-refractivity contribution in [1.29, 1.82) is 0 Å². The second-order valence-corrected chi connectivity index (χ2v) is 12.2. The van der Waals surface area contributed by atoms with Crippen LogP contribution < -0.4 is 0 Å². The van der Waals surface area contributed by atoms with Crippen molar-refractivity contribution in [1.82, 2.24) is 0 Å². The third kappa shape index (κ3) is 2.27. The highest BCUT2D eigenvalue weighted by atomic mass is 32.2. The summed E-state index contributed by atoms with van der Waals surface area (Å²) in [5, 5.41) is -0.363. The first-order valence-electron chi connectivity index (χ1n) is 9.15. The second kappa shape index (κ2) is 5.95. The number of hydrogen-bond acceptors (Lipinski definition) is 5. The van der Waals surface area contributed by atoms with Crippen molar-refractivity contribution < 1.29 is 22.2 Å². The van der Waals surface area contributed by atoms with Gasteiger partial charge in [0.25, 0.3) is 0 Å². The molecule has 7 heteroatoms. The Labute approximate surface area is 161 Å². The lowest BCUT2D eigenvalue weighted by Gasteiger charge is -2.49. The first-order chi connectivity index (χ1) is 12.6. The van der Waals surface area contributed by atoms with Crippen molar-refractivity contribution in [2.45, 2.75) is 43.6 Å². The topological polar surface area (TPSA) is 85.3 Å². The Balaban J connectivity index is 2.08. The predicted octanol–water partition coefficient (Wildman–Crippen LogP) is 2.69. The second-order valence-electron chi connectivity index (χ2n) is 7.94. The van der Waals surface area contributed by atoms with Crippen molar-refractivity contribution in [2.24, 2.45) is 11.8 Å². The molecule has 5 nitrogen and oxygen atoms in total. The molecular formula is C20H22O5S2. The number of benzene rings is 1. The molecule has 0 bridgehead atoms. The summed E-state index contributed by atoms with van der Waals surface area (Å²) in [7, 11) is -5.16. The van der Waals surface area contributed by atoms with E-state index in [2.05, 4.69) is 0 Å². The van der Waals surface area contributed by atoms with Crippen LogP contribution in [0.2, 0.25) is 0 Å². The van der Waals surface area contributed by atoms with Gasteiger partial charge in [0.2, 0.25) is 0 Å². The summed E-state index contributed by atoms with van der Waals surface area (Å²) in [6.45, 7) is 5.24. The summed E-state index contributed by atoms with van der Waals surface area (Å²) >= 11 is 0. The van der Waals surface area contributed by atoms with E-state index < -0.39 is 37.2 Å². The van der Waals surface area contributed by atoms with Crippen LogP contribution in [0.25, 0.3) is 0 Å². The summed E-state index contributed by atoms with van der Waals surface area (Å²) in [6.07, 6.45) is 0.410. The standard InChI is InChI=1S/C20H22O5S2/c1-11(2)26(23)20-15-8-9-27(24,25)18(15)12(3)10-16(20)17(21)13-6-4-5-7-14(13)19(20)22/h4-7,11,15-16H,8-10H2,1-3H3/t15-,16+,20+,26+/m0/s1. The van der Waals surface area contributed by atoms with Gasteiger partial charge in [0.15, 0.2) is 21.4 Å². The maximum absolute atomic E-state index is 13.8. The highest BCUT2D eigenvalue weighted by molar-refractivity contribution is 7.95. The molecule has 1 aromatic rings. The molecule has 0 aromatic heterocycles. The van der Waals surface area contributed by atoms with Crippen LogP contribution in [-0.2, 0) is 20.6 Å². The maximum atomic E-state index is 13.8. The Morgan fingerprint density at radius 3 is 2.37 bits per heavy atom. The van der Waals surface area contributed by atoms with Gasteiger partial charge in [0.05, 0.1) is 11.7 Å². The van der Waals surface area contributed by atoms with Gasteiger partial charge in [-0.3, -0.25) is 13.8 Å². The molecule has 0 saturated carbocycles. The molecule has 0 amide bonds. The normalized spacial score (nSPS) is 32.9. The zero-order chi connectivity index (χ0) is 19.7. The Hall–Kier alpha value is -1.60. The Bertz CT molecular complexity index is 1030. The average molecular weight is 407 g/mol. The summed E-state index contributed by atoms with van der Waals surface area (Å²) in [5.41, 5.74) is 1.27. The molecule has 0 N–H and O–H groups in total. The number of sulfone groups is 1. The zero-order valence-corrected chi connectivity index (χ0v) is 17.2. The number of Topliss-reactive ketones (excluding diaryl/α,β-unsaturated/α-hetero) is 2. The minimum Gasteiger partial charge on any atom is -0.294 e. The van der Waals surface area contributed by atoms with Crippen molar-refractivity contribution in [2.75, 3.05) is 5.75 Å². The van der Waals surface area contributed by atoms with E-state index in [9.17, 15) is 22.2 Å². The largest absolute Gasteiger partial charge is 0.294 e. The number of fused-ring (bicyclic) bond motifs is 4. The van der Waals surface area contributed by atoms with E-state index in [1.54, 1.807) is 45.0 Å². The van der Waals surface area contributed by atoms with E-state index in [1.165, 1.54) is 0 Å². The SMILES string of the molecule is CC1=C2[C@H](CCS2(=O)=O)[C@]2([S@](=O)C(C)C)C(=O)c3ccccc3C(=O)[C@H]2C1. The van der Waals surface area contributed by atoms with Crippen LogP contribution in [0.3, 0.4) is 0 Å². The smallest absolute Gasteiger partial charge is 0.183 e. The molecule has 1 fully saturated rings. The molecule has 4 atom stereocenters. The van der Waals surface area contributed by atoms with E-state index in [-0.39, 0.29) is 45.9 Å². The lowest BCUT2D eigenvalue weighted by atomic mass is 9.62. The van der Waals surface area contributed by atoms with Crippen LogP contribution in [0.1, 0.15) is 54.3 Å². The molecule has 1 aliphatic heterocycles. The first kappa shape index (κ1) is 18.7. The van der Waals surface area contributed by atoms with Gasteiger partial charge >= 0.3 is 0 Å². The summed E-state index contributed by atoms with van der Waals surface area (Å²) < 4.78 is 37.5. The van der Waals surface area contributed by atoms with Crippen LogP contribution in [0.5, 0.6) is 0 Å². The average Bonchev–Trinajstić information content (AvgIpc) is 2.95. The quantitative estimate of drug-likeness (QED) is 0.754. The van der Waals surface area contributed by atoms with Crippen LogP contribution in [0, 0.1) is 11.8 Å². The van der Waals surface area contributed by atoms with Gasteiger partial charge in [0.1, 0.15) is 4.75 Å². The van der Waals surface area contributed by atoms with E-state index in [0.29, 0.717) is 11.1 Å². The summed E-state index contributed by atoms with van der Waals surface area (Å²) in [5.74, 6) is -2.04. The molecule has 1 heterocycles. The van der Waals surface area contributed by atoms with Gasteiger partial charge in [-0.2, -0.15) is 0 Å². The zero-order valence-electron chi connectivity index (χ0n) is 15.5. The highest BCUT2D eigenvalue weighted by Gasteiger charge is 2.67. The fourth-order valence-electron chi connectivity index (χ4n) is 5.16. The Morgan fingerprint density at radius 2 is 1.74 bits per heavy atom. The van der Waals surface area contributed by atoms with E-state index in [0.717, 1.165) is 0 Å². The molecule has 27 heavy (non-hydrogen) atoms. The molecule has 0 radical (unpaired) electrons. The minimum absolute atomic E-state index is 0.0583.